The molecule has 3 nitrogen and oxygen atoms in total. The van der Waals surface area contributed by atoms with Gasteiger partial charge in [0.25, 0.3) is 5.91 Å². The molecule has 0 N–H and O–H groups in total. The van der Waals surface area contributed by atoms with E-state index in [-0.39, 0.29) is 0 Å². The van der Waals surface area contributed by atoms with Crippen LogP contribution in [0.25, 0.3) is 0 Å². The molecule has 0 fully saturated rings. The summed E-state index contributed by atoms with van der Waals surface area (Å²) in [6, 6.07) is 9.13. The Labute approximate surface area is 76.7 Å². The number of carbonyl (C=O) groups is 1. The molecular weight excluding hydrogens is 166 g/mol. The minimum atomic E-state index is -0.816. The second-order valence-corrected chi connectivity index (χ2v) is 3.39. The van der Waals surface area contributed by atoms with Crippen LogP contribution in [0.15, 0.2) is 35.5 Å². The zero-order valence-corrected chi connectivity index (χ0v) is 7.65. The van der Waals surface area contributed by atoms with E-state index in [0.717, 1.165) is 5.56 Å². The van der Waals surface area contributed by atoms with Crippen LogP contribution in [-0.2, 0) is 10.2 Å². The van der Waals surface area contributed by atoms with Gasteiger partial charge in [0, 0.05) is 5.18 Å². The highest BCUT2D eigenvalue weighted by Crippen LogP contribution is 2.23. The van der Waals surface area contributed by atoms with Gasteiger partial charge in [-0.2, -0.15) is 0 Å². The number of carbonyl (C=O) groups excluding carboxylic acids is 1. The Kier molecular flexibility index (Phi) is 2.56. The highest BCUT2D eigenvalue weighted by atomic mass is 16.3. The molecule has 0 saturated heterocycles. The predicted molar refractivity (Wildman–Crippen MR) is 50.3 cm³/mol. The molecular formula is C10H11NO2. The molecule has 68 valence electrons. The van der Waals surface area contributed by atoms with Crippen LogP contribution in [0.3, 0.4) is 0 Å². The van der Waals surface area contributed by atoms with Gasteiger partial charge in [-0.05, 0) is 19.4 Å². The topological polar surface area (TPSA) is 46.5 Å². The molecule has 1 amide bonds. The van der Waals surface area contributed by atoms with E-state index in [1.54, 1.807) is 13.8 Å². The number of hydrogen-bond donors (Lipinski definition) is 0. The van der Waals surface area contributed by atoms with Gasteiger partial charge in [0.1, 0.15) is 0 Å². The van der Waals surface area contributed by atoms with Crippen molar-refractivity contribution in [2.45, 2.75) is 19.3 Å². The maximum atomic E-state index is 11.2. The SMILES string of the molecule is CC(C)(C(=O)N=O)c1ccccc1. The molecule has 0 aliphatic carbocycles. The van der Waals surface area contributed by atoms with E-state index in [0.29, 0.717) is 0 Å². The lowest BCUT2D eigenvalue weighted by atomic mass is 9.84. The van der Waals surface area contributed by atoms with Crippen LogP contribution in [0, 0.1) is 4.91 Å². The number of benzene rings is 1. The largest absolute Gasteiger partial charge is 0.296 e. The Balaban J connectivity index is 3.07. The van der Waals surface area contributed by atoms with E-state index >= 15 is 0 Å². The van der Waals surface area contributed by atoms with E-state index in [4.69, 9.17) is 0 Å². The Morgan fingerprint density at radius 3 is 2.23 bits per heavy atom. The number of nitrogens with zero attached hydrogens (tertiary/aromatic N) is 1. The molecule has 0 aliphatic heterocycles. The fourth-order valence-corrected chi connectivity index (χ4v) is 1.09. The minimum Gasteiger partial charge on any atom is -0.268 e. The van der Waals surface area contributed by atoms with E-state index in [1.807, 2.05) is 30.3 Å². The lowest BCUT2D eigenvalue weighted by molar-refractivity contribution is -0.122. The summed E-state index contributed by atoms with van der Waals surface area (Å²) in [4.78, 5) is 21.3. The third kappa shape index (κ3) is 1.80. The lowest BCUT2D eigenvalue weighted by Gasteiger charge is -2.18. The molecule has 1 rings (SSSR count). The molecule has 0 atom stereocenters. The van der Waals surface area contributed by atoms with Gasteiger partial charge in [0.2, 0.25) is 0 Å². The molecule has 0 saturated carbocycles. The first kappa shape index (κ1) is 9.58. The first-order chi connectivity index (χ1) is 6.09. The van der Waals surface area contributed by atoms with Crippen molar-refractivity contribution in [2.24, 2.45) is 5.18 Å². The van der Waals surface area contributed by atoms with E-state index < -0.39 is 11.3 Å². The number of hydrogen-bond acceptors (Lipinski definition) is 2. The summed E-state index contributed by atoms with van der Waals surface area (Å²) in [5.41, 5.74) is -0.0113. The molecule has 0 spiro atoms. The summed E-state index contributed by atoms with van der Waals surface area (Å²) in [6.45, 7) is 3.37. The van der Waals surface area contributed by atoms with Gasteiger partial charge >= 0.3 is 0 Å². The second kappa shape index (κ2) is 3.47. The first-order valence-corrected chi connectivity index (χ1v) is 4.02. The molecule has 0 heterocycles. The number of rotatable bonds is 2. The lowest BCUT2D eigenvalue weighted by Crippen LogP contribution is -2.26. The summed E-state index contributed by atoms with van der Waals surface area (Å²) in [5.74, 6) is -0.640. The van der Waals surface area contributed by atoms with Gasteiger partial charge in [-0.1, -0.05) is 30.3 Å². The average molecular weight is 177 g/mol. The first-order valence-electron chi connectivity index (χ1n) is 4.02. The van der Waals surface area contributed by atoms with Gasteiger partial charge in [-0.25, -0.2) is 0 Å². The van der Waals surface area contributed by atoms with Gasteiger partial charge in [-0.15, -0.1) is 4.91 Å². The molecule has 0 bridgehead atoms. The zero-order valence-electron chi connectivity index (χ0n) is 7.65. The standard InChI is InChI=1S/C10H11NO2/c1-10(2,9(12)11-13)8-6-4-3-5-7-8/h3-7H,1-2H3. The van der Waals surface area contributed by atoms with Crippen LogP contribution >= 0.6 is 0 Å². The Morgan fingerprint density at radius 2 is 1.77 bits per heavy atom. The molecule has 3 heteroatoms. The van der Waals surface area contributed by atoms with Gasteiger partial charge in [0.15, 0.2) is 0 Å². The van der Waals surface area contributed by atoms with Crippen LogP contribution in [0.5, 0.6) is 0 Å². The summed E-state index contributed by atoms with van der Waals surface area (Å²) in [6.07, 6.45) is 0. The van der Waals surface area contributed by atoms with Crippen molar-refractivity contribution in [1.29, 1.82) is 0 Å². The highest BCUT2D eigenvalue weighted by Gasteiger charge is 2.30. The van der Waals surface area contributed by atoms with Crippen LogP contribution in [0.1, 0.15) is 19.4 Å². The fourth-order valence-electron chi connectivity index (χ4n) is 1.09. The van der Waals surface area contributed by atoms with Crippen LogP contribution in [-0.4, -0.2) is 5.91 Å². The summed E-state index contributed by atoms with van der Waals surface area (Å²) in [7, 11) is 0. The zero-order chi connectivity index (χ0) is 9.90. The molecule has 13 heavy (non-hydrogen) atoms. The van der Waals surface area contributed by atoms with Crippen molar-refractivity contribution in [1.82, 2.24) is 0 Å². The maximum absolute atomic E-state index is 11.2. The van der Waals surface area contributed by atoms with Crippen LogP contribution in [0.2, 0.25) is 0 Å². The van der Waals surface area contributed by atoms with Gasteiger partial charge < -0.3 is 0 Å². The van der Waals surface area contributed by atoms with Crippen molar-refractivity contribution in [2.75, 3.05) is 0 Å². The summed E-state index contributed by atoms with van der Waals surface area (Å²) < 4.78 is 0. The number of amides is 1. The van der Waals surface area contributed by atoms with Crippen molar-refractivity contribution in [3.05, 3.63) is 40.8 Å². The number of nitroso groups, excluding NO2 is 1. The third-order valence-electron chi connectivity index (χ3n) is 2.11. The summed E-state index contributed by atoms with van der Waals surface area (Å²) in [5, 5.41) is 2.45. The van der Waals surface area contributed by atoms with Crippen molar-refractivity contribution in [3.63, 3.8) is 0 Å². The molecule has 1 aromatic rings. The average Bonchev–Trinajstić information content (AvgIpc) is 2.18. The summed E-state index contributed by atoms with van der Waals surface area (Å²) >= 11 is 0. The molecule has 0 aromatic heterocycles. The quantitative estimate of drug-likeness (QED) is 0.650. The Bertz CT molecular complexity index is 317. The van der Waals surface area contributed by atoms with Crippen molar-refractivity contribution < 1.29 is 4.79 Å². The van der Waals surface area contributed by atoms with E-state index in [9.17, 15) is 9.70 Å². The molecule has 0 aliphatic rings. The fraction of sp³-hybridized carbons (Fsp3) is 0.300. The highest BCUT2D eigenvalue weighted by molar-refractivity contribution is 5.87. The predicted octanol–water partition coefficient (Wildman–Crippen LogP) is 2.26. The molecule has 1 aromatic carbocycles. The van der Waals surface area contributed by atoms with Crippen molar-refractivity contribution in [3.8, 4) is 0 Å². The Hall–Kier alpha value is -1.51. The van der Waals surface area contributed by atoms with E-state index in [2.05, 4.69) is 5.18 Å². The van der Waals surface area contributed by atoms with Gasteiger partial charge in [-0.3, -0.25) is 4.79 Å². The maximum Gasteiger partial charge on any atom is 0.296 e. The normalized spacial score (nSPS) is 10.9. The second-order valence-electron chi connectivity index (χ2n) is 3.39. The van der Waals surface area contributed by atoms with Gasteiger partial charge in [0.05, 0.1) is 5.41 Å². The van der Waals surface area contributed by atoms with E-state index in [1.165, 1.54) is 0 Å². The molecule has 0 radical (unpaired) electrons. The third-order valence-corrected chi connectivity index (χ3v) is 2.11. The smallest absolute Gasteiger partial charge is 0.268 e. The Morgan fingerprint density at radius 1 is 1.23 bits per heavy atom. The van der Waals surface area contributed by atoms with Crippen LogP contribution < -0.4 is 0 Å². The minimum absolute atomic E-state index is 0.640. The van der Waals surface area contributed by atoms with Crippen molar-refractivity contribution >= 4 is 5.91 Å². The monoisotopic (exact) mass is 177 g/mol. The van der Waals surface area contributed by atoms with Crippen LogP contribution in [0.4, 0.5) is 0 Å². The molecule has 0 unspecified atom stereocenters.